The van der Waals surface area contributed by atoms with Crippen LogP contribution < -0.4 is 0 Å². The Morgan fingerprint density at radius 3 is 0.856 bits per heavy atom. The van der Waals surface area contributed by atoms with Crippen molar-refractivity contribution in [2.75, 3.05) is 39.6 Å². The van der Waals surface area contributed by atoms with Gasteiger partial charge in [0.15, 0.2) is 12.2 Å². The molecule has 0 fully saturated rings. The SMILES string of the molecule is CC/C=C\C/C=C\C/C=C\C/C=C\C/C=C\CC(=O)OC(COC(=O)CCCCCCCC/C=C\C/C=C\C/C=C\C/C=C\CC)COP(=O)(O)OCC(O)COP(=O)(O)OCC(COC(=O)CCCCCCCCC/C=C\C/C=C\C/C=C\CC)OC(=O)CCCCCCC/C=C\C/C=C\CCC. The summed E-state index contributed by atoms with van der Waals surface area (Å²) in [6, 6.07) is 0. The molecule has 17 nitrogen and oxygen atoms in total. The lowest BCUT2D eigenvalue weighted by molar-refractivity contribution is -0.161. The number of unbranched alkanes of at least 4 members (excludes halogenated alkanes) is 19. The molecule has 3 N–H and O–H groups in total. The highest BCUT2D eigenvalue weighted by Gasteiger charge is 2.30. The Labute approximate surface area is 629 Å². The summed E-state index contributed by atoms with van der Waals surface area (Å²) in [5.41, 5.74) is 0. The van der Waals surface area contributed by atoms with Gasteiger partial charge in [0, 0.05) is 19.3 Å². The predicted octanol–water partition coefficient (Wildman–Crippen LogP) is 23.0. The van der Waals surface area contributed by atoms with E-state index in [4.69, 9.17) is 37.0 Å². The van der Waals surface area contributed by atoms with Crippen LogP contribution >= 0.6 is 15.6 Å². The summed E-state index contributed by atoms with van der Waals surface area (Å²) in [4.78, 5) is 72.9. The van der Waals surface area contributed by atoms with Crippen LogP contribution in [-0.4, -0.2) is 96.7 Å². The molecule has 0 rings (SSSR count). The maximum absolute atomic E-state index is 13.1. The van der Waals surface area contributed by atoms with E-state index in [9.17, 15) is 43.2 Å². The monoisotopic (exact) mass is 1490 g/mol. The van der Waals surface area contributed by atoms with E-state index >= 15 is 0 Å². The number of carbonyl (C=O) groups excluding carboxylic acids is 4. The maximum Gasteiger partial charge on any atom is 0.472 e. The Morgan fingerprint density at radius 2 is 0.538 bits per heavy atom. The number of aliphatic hydroxyl groups is 1. The fourth-order valence-electron chi connectivity index (χ4n) is 9.81. The average molecular weight is 1490 g/mol. The van der Waals surface area contributed by atoms with Crippen molar-refractivity contribution < 1.29 is 80.2 Å². The average Bonchev–Trinajstić information content (AvgIpc) is 0.910. The van der Waals surface area contributed by atoms with E-state index in [0.717, 1.165) is 205 Å². The first kappa shape index (κ1) is 98.4. The van der Waals surface area contributed by atoms with Crippen molar-refractivity contribution >= 4 is 39.5 Å². The highest BCUT2D eigenvalue weighted by molar-refractivity contribution is 7.47. The normalized spacial score (nSPS) is 14.8. The Balaban J connectivity index is 5.44. The van der Waals surface area contributed by atoms with Crippen LogP contribution in [0.3, 0.4) is 0 Å². The van der Waals surface area contributed by atoms with E-state index in [0.29, 0.717) is 25.7 Å². The molecule has 0 amide bonds. The number of rotatable bonds is 72. The third-order valence-electron chi connectivity index (χ3n) is 15.7. The summed E-state index contributed by atoms with van der Waals surface area (Å²) in [5, 5.41) is 10.6. The van der Waals surface area contributed by atoms with E-state index in [1.807, 2.05) is 12.2 Å². The number of aliphatic hydroxyl groups excluding tert-OH is 1. The molecule has 0 heterocycles. The molecule has 104 heavy (non-hydrogen) atoms. The smallest absolute Gasteiger partial charge is 0.462 e. The molecule has 0 aromatic rings. The second kappa shape index (κ2) is 75.6. The van der Waals surface area contributed by atoms with Crippen LogP contribution in [0.25, 0.3) is 0 Å². The van der Waals surface area contributed by atoms with Crippen LogP contribution in [0.5, 0.6) is 0 Å². The van der Waals surface area contributed by atoms with Gasteiger partial charge in [-0.15, -0.1) is 0 Å². The van der Waals surface area contributed by atoms with Crippen LogP contribution in [0.1, 0.15) is 285 Å². The van der Waals surface area contributed by atoms with Crippen LogP contribution in [-0.2, 0) is 65.4 Å². The standard InChI is InChI=1S/C85H138O17P2/c1-5-9-13-17-21-25-29-33-36-38-39-41-44-47-50-54-58-62-66-70-83(88)96-76-81(102-85(90)72-68-64-60-56-52-48-42-35-31-27-23-19-15-11-7-3)78-100-104(93,94)98-74-79(86)73-97-103(91,92)99-77-80(101-84(89)71-67-63-59-55-51-45-32-28-24-20-16-12-8-4)75-95-82(87)69-65-61-57-53-49-46-43-40-37-34-30-26-22-18-14-10-6-2/h9-11,13-16,20-23,25-28,32-37,39,41-42,52,56,64,68,79-81,86H,5-8,12,17-19,24,29-31,38,40,43-51,53-55,57-63,65-67,69-78H2,1-4H3,(H,91,92)(H,93,94)/b13-9-,14-10-,15-11-,20-16-,25-21-,26-22-,27-23-,32-28-,36-33-,37-34-,41-39-,42-35-,56-52-,68-64-. The van der Waals surface area contributed by atoms with Crippen LogP contribution in [0.15, 0.2) is 170 Å². The van der Waals surface area contributed by atoms with Gasteiger partial charge < -0.3 is 33.8 Å². The van der Waals surface area contributed by atoms with Gasteiger partial charge in [-0.3, -0.25) is 37.3 Å². The number of hydrogen-bond acceptors (Lipinski definition) is 15. The maximum atomic E-state index is 13.1. The van der Waals surface area contributed by atoms with Crippen molar-refractivity contribution in [1.29, 1.82) is 0 Å². The van der Waals surface area contributed by atoms with E-state index in [1.165, 1.54) is 0 Å². The molecule has 0 aromatic heterocycles. The minimum atomic E-state index is -5.01. The molecule has 0 aliphatic carbocycles. The Hall–Kier alpha value is -5.58. The van der Waals surface area contributed by atoms with Gasteiger partial charge in [-0.25, -0.2) is 9.13 Å². The van der Waals surface area contributed by atoms with Crippen LogP contribution in [0, 0.1) is 0 Å². The van der Waals surface area contributed by atoms with Crippen molar-refractivity contribution in [3.8, 4) is 0 Å². The van der Waals surface area contributed by atoms with E-state index < -0.39 is 97.5 Å². The fourth-order valence-corrected chi connectivity index (χ4v) is 11.4. The molecule has 5 atom stereocenters. The zero-order chi connectivity index (χ0) is 76.0. The lowest BCUT2D eigenvalue weighted by Gasteiger charge is -2.21. The first-order valence-corrected chi connectivity index (χ1v) is 42.4. The van der Waals surface area contributed by atoms with E-state index in [1.54, 1.807) is 12.2 Å². The molecular formula is C85H138O17P2. The number of ether oxygens (including phenoxy) is 4. The molecule has 0 aliphatic heterocycles. The Morgan fingerprint density at radius 1 is 0.288 bits per heavy atom. The van der Waals surface area contributed by atoms with E-state index in [-0.39, 0.29) is 25.7 Å². The van der Waals surface area contributed by atoms with Gasteiger partial charge in [0.05, 0.1) is 32.8 Å². The van der Waals surface area contributed by atoms with Crippen LogP contribution in [0.4, 0.5) is 0 Å². The van der Waals surface area contributed by atoms with Crippen molar-refractivity contribution in [3.05, 3.63) is 170 Å². The first-order chi connectivity index (χ1) is 50.7. The third-order valence-corrected chi connectivity index (χ3v) is 17.6. The molecule has 0 aliphatic rings. The van der Waals surface area contributed by atoms with Gasteiger partial charge in [0.25, 0.3) is 0 Å². The summed E-state index contributed by atoms with van der Waals surface area (Å²) in [6.45, 7) is 4.30. The Bertz CT molecular complexity index is 2640. The number of phosphoric acid groups is 2. The highest BCUT2D eigenvalue weighted by atomic mass is 31.2. The molecule has 19 heteroatoms. The van der Waals surface area contributed by atoms with Gasteiger partial charge in [0.2, 0.25) is 0 Å². The van der Waals surface area contributed by atoms with Crippen molar-refractivity contribution in [3.63, 3.8) is 0 Å². The number of phosphoric ester groups is 2. The molecule has 0 bridgehead atoms. The number of carbonyl (C=O) groups is 4. The van der Waals surface area contributed by atoms with Crippen molar-refractivity contribution in [2.24, 2.45) is 0 Å². The molecule has 0 aromatic carbocycles. The minimum absolute atomic E-state index is 0.0685. The number of hydrogen-bond donors (Lipinski definition) is 3. The lowest BCUT2D eigenvalue weighted by Crippen LogP contribution is -2.30. The van der Waals surface area contributed by atoms with Gasteiger partial charge >= 0.3 is 39.5 Å². The van der Waals surface area contributed by atoms with Gasteiger partial charge in [0.1, 0.15) is 19.3 Å². The van der Waals surface area contributed by atoms with Gasteiger partial charge in [-0.1, -0.05) is 281 Å². The zero-order valence-electron chi connectivity index (χ0n) is 64.4. The molecule has 0 radical (unpaired) electrons. The second-order valence-electron chi connectivity index (χ2n) is 25.5. The molecule has 0 saturated carbocycles. The summed E-state index contributed by atoms with van der Waals surface area (Å²) in [6.07, 6.45) is 89.4. The summed E-state index contributed by atoms with van der Waals surface area (Å²) < 4.78 is 68.4. The zero-order valence-corrected chi connectivity index (χ0v) is 66.2. The quantitative estimate of drug-likeness (QED) is 0.0169. The van der Waals surface area contributed by atoms with Crippen molar-refractivity contribution in [1.82, 2.24) is 0 Å². The lowest BCUT2D eigenvalue weighted by atomic mass is 10.1. The highest BCUT2D eigenvalue weighted by Crippen LogP contribution is 2.45. The predicted molar refractivity (Wildman–Crippen MR) is 426 cm³/mol. The second-order valence-corrected chi connectivity index (χ2v) is 28.4. The largest absolute Gasteiger partial charge is 0.472 e. The molecular weight excluding hydrogens is 1350 g/mol. The minimum Gasteiger partial charge on any atom is -0.462 e. The number of esters is 4. The van der Waals surface area contributed by atoms with Gasteiger partial charge in [-0.05, 0) is 148 Å². The first-order valence-electron chi connectivity index (χ1n) is 39.4. The Kier molecular flexibility index (Phi) is 71.6. The summed E-state index contributed by atoms with van der Waals surface area (Å²) in [7, 11) is -10.0. The molecule has 0 saturated heterocycles. The van der Waals surface area contributed by atoms with E-state index in [2.05, 4.69) is 174 Å². The molecule has 0 spiro atoms. The molecule has 5 unspecified atom stereocenters. The van der Waals surface area contributed by atoms with Crippen molar-refractivity contribution in [2.45, 2.75) is 303 Å². The topological polar surface area (TPSA) is 237 Å². The van der Waals surface area contributed by atoms with Crippen LogP contribution in [0.2, 0.25) is 0 Å². The van der Waals surface area contributed by atoms with Gasteiger partial charge in [-0.2, -0.15) is 0 Å². The molecule has 590 valence electrons. The number of allylic oxidation sites excluding steroid dienone is 27. The summed E-state index contributed by atoms with van der Waals surface area (Å²) >= 11 is 0. The fraction of sp³-hybridized carbons (Fsp3) is 0.624. The third kappa shape index (κ3) is 74.7. The summed E-state index contributed by atoms with van der Waals surface area (Å²) in [5.74, 6) is -2.38.